The first-order chi connectivity index (χ1) is 7.91. The Balaban J connectivity index is 2.20. The van der Waals surface area contributed by atoms with Gasteiger partial charge in [0.1, 0.15) is 5.38 Å². The van der Waals surface area contributed by atoms with Crippen molar-refractivity contribution in [3.63, 3.8) is 0 Å². The number of carbonyl (C=O) groups excluding carboxylic acids is 1. The predicted octanol–water partition coefficient (Wildman–Crippen LogP) is 1.04. The predicted molar refractivity (Wildman–Crippen MR) is 66.8 cm³/mol. The molecule has 0 bridgehead atoms. The van der Waals surface area contributed by atoms with E-state index in [0.29, 0.717) is 18.9 Å². The molecule has 6 heteroatoms. The first-order valence-corrected chi connectivity index (χ1v) is 8.31. The molecule has 2 fully saturated rings. The largest absolute Gasteiger partial charge is 0.337 e. The van der Waals surface area contributed by atoms with Gasteiger partial charge in [0.15, 0.2) is 9.84 Å². The summed E-state index contributed by atoms with van der Waals surface area (Å²) in [6, 6.07) is -0.142. The molecule has 0 spiro atoms. The van der Waals surface area contributed by atoms with Crippen molar-refractivity contribution in [2.75, 3.05) is 18.1 Å². The van der Waals surface area contributed by atoms with Gasteiger partial charge in [-0.25, -0.2) is 8.42 Å². The molecule has 1 saturated carbocycles. The van der Waals surface area contributed by atoms with E-state index < -0.39 is 15.2 Å². The van der Waals surface area contributed by atoms with Crippen molar-refractivity contribution in [2.45, 2.75) is 37.6 Å². The van der Waals surface area contributed by atoms with E-state index in [2.05, 4.69) is 0 Å². The van der Waals surface area contributed by atoms with E-state index >= 15 is 0 Å². The van der Waals surface area contributed by atoms with Crippen molar-refractivity contribution in [2.24, 2.45) is 5.92 Å². The third-order valence-corrected chi connectivity index (χ3v) is 5.42. The maximum Gasteiger partial charge on any atom is 0.240 e. The minimum atomic E-state index is -3.00. The Morgan fingerprint density at radius 3 is 2.59 bits per heavy atom. The molecule has 1 saturated heterocycles. The van der Waals surface area contributed by atoms with E-state index in [4.69, 9.17) is 11.6 Å². The Morgan fingerprint density at radius 1 is 1.41 bits per heavy atom. The number of alkyl halides is 1. The fraction of sp³-hybridized carbons (Fsp3) is 0.909. The van der Waals surface area contributed by atoms with Crippen molar-refractivity contribution in [1.29, 1.82) is 0 Å². The van der Waals surface area contributed by atoms with Gasteiger partial charge in [0.2, 0.25) is 5.91 Å². The van der Waals surface area contributed by atoms with E-state index in [1.54, 1.807) is 11.8 Å². The molecular weight excluding hydrogens is 262 g/mol. The van der Waals surface area contributed by atoms with Crippen LogP contribution in [0.25, 0.3) is 0 Å². The van der Waals surface area contributed by atoms with Crippen LogP contribution in [0.4, 0.5) is 0 Å². The van der Waals surface area contributed by atoms with Crippen molar-refractivity contribution in [3.8, 4) is 0 Å². The van der Waals surface area contributed by atoms with Crippen LogP contribution in [0.5, 0.6) is 0 Å². The number of carbonyl (C=O) groups is 1. The van der Waals surface area contributed by atoms with Gasteiger partial charge in [-0.15, -0.1) is 11.6 Å². The van der Waals surface area contributed by atoms with Gasteiger partial charge in [-0.2, -0.15) is 0 Å². The van der Waals surface area contributed by atoms with E-state index in [-0.39, 0.29) is 23.5 Å². The zero-order valence-corrected chi connectivity index (χ0v) is 11.5. The fourth-order valence-electron chi connectivity index (χ4n) is 2.43. The number of hydrogen-bond acceptors (Lipinski definition) is 3. The molecule has 2 atom stereocenters. The molecule has 4 nitrogen and oxygen atoms in total. The molecule has 0 aromatic carbocycles. The Kier molecular flexibility index (Phi) is 3.69. The molecule has 98 valence electrons. The van der Waals surface area contributed by atoms with Crippen LogP contribution in [-0.2, 0) is 14.6 Å². The van der Waals surface area contributed by atoms with Crippen LogP contribution in [-0.4, -0.2) is 48.7 Å². The monoisotopic (exact) mass is 279 g/mol. The summed E-state index contributed by atoms with van der Waals surface area (Å²) in [5, 5.41) is -0.572. The number of halogens is 1. The van der Waals surface area contributed by atoms with Crippen LogP contribution in [0.15, 0.2) is 0 Å². The molecule has 1 aliphatic carbocycles. The minimum Gasteiger partial charge on any atom is -0.337 e. The van der Waals surface area contributed by atoms with Gasteiger partial charge in [0.05, 0.1) is 11.5 Å². The maximum atomic E-state index is 12.0. The highest BCUT2D eigenvalue weighted by molar-refractivity contribution is 7.91. The van der Waals surface area contributed by atoms with Gasteiger partial charge in [-0.05, 0) is 32.1 Å². The average Bonchev–Trinajstić information content (AvgIpc) is 3.02. The summed E-state index contributed by atoms with van der Waals surface area (Å²) in [5.41, 5.74) is 0. The van der Waals surface area contributed by atoms with Crippen molar-refractivity contribution in [1.82, 2.24) is 4.90 Å². The van der Waals surface area contributed by atoms with Gasteiger partial charge < -0.3 is 4.90 Å². The highest BCUT2D eigenvalue weighted by atomic mass is 35.5. The molecule has 0 aromatic heterocycles. The molecule has 0 aromatic rings. The fourth-order valence-corrected chi connectivity index (χ4v) is 4.26. The van der Waals surface area contributed by atoms with E-state index in [9.17, 15) is 13.2 Å². The second kappa shape index (κ2) is 4.76. The second-order valence-corrected chi connectivity index (χ2v) is 7.90. The molecule has 17 heavy (non-hydrogen) atoms. The standard InChI is InChI=1S/C11H18ClNO3S/c1-8(12)11(14)13-5-2-6-17(15,16)7-10(13)9-3-4-9/h8-10H,2-7H2,1H3. The molecule has 0 N–H and O–H groups in total. The normalized spacial score (nSPS) is 30.7. The van der Waals surface area contributed by atoms with E-state index in [1.807, 2.05) is 0 Å². The smallest absolute Gasteiger partial charge is 0.240 e. The van der Waals surface area contributed by atoms with Crippen molar-refractivity contribution < 1.29 is 13.2 Å². The number of amides is 1. The average molecular weight is 280 g/mol. The summed E-state index contributed by atoms with van der Waals surface area (Å²) >= 11 is 5.84. The minimum absolute atomic E-state index is 0.118. The highest BCUT2D eigenvalue weighted by Crippen LogP contribution is 2.37. The third-order valence-electron chi connectivity index (χ3n) is 3.47. The lowest BCUT2D eigenvalue weighted by Gasteiger charge is -2.30. The number of nitrogens with zero attached hydrogens (tertiary/aromatic N) is 1. The van der Waals surface area contributed by atoms with E-state index in [0.717, 1.165) is 12.8 Å². The molecule has 2 rings (SSSR count). The lowest BCUT2D eigenvalue weighted by Crippen LogP contribution is -2.46. The van der Waals surface area contributed by atoms with Gasteiger partial charge >= 0.3 is 0 Å². The van der Waals surface area contributed by atoms with Crippen molar-refractivity contribution in [3.05, 3.63) is 0 Å². The summed E-state index contributed by atoms with van der Waals surface area (Å²) in [6.45, 7) is 2.17. The Hall–Kier alpha value is -0.290. The third kappa shape index (κ3) is 3.13. The van der Waals surface area contributed by atoms with Crippen LogP contribution in [0, 0.1) is 5.92 Å². The molecule has 2 aliphatic rings. The lowest BCUT2D eigenvalue weighted by atomic mass is 10.1. The van der Waals surface area contributed by atoms with E-state index in [1.165, 1.54) is 0 Å². The van der Waals surface area contributed by atoms with Gasteiger partial charge in [-0.1, -0.05) is 0 Å². The second-order valence-electron chi connectivity index (χ2n) is 5.02. The van der Waals surface area contributed by atoms with Gasteiger partial charge in [-0.3, -0.25) is 4.79 Å². The summed E-state index contributed by atoms with van der Waals surface area (Å²) in [7, 11) is -3.00. The van der Waals surface area contributed by atoms with Gasteiger partial charge in [0.25, 0.3) is 0 Å². The number of sulfone groups is 1. The molecule has 0 radical (unpaired) electrons. The topological polar surface area (TPSA) is 54.5 Å². The Bertz CT molecular complexity index is 403. The first-order valence-electron chi connectivity index (χ1n) is 6.06. The van der Waals surface area contributed by atoms with Crippen molar-refractivity contribution >= 4 is 27.3 Å². The SMILES string of the molecule is CC(Cl)C(=O)N1CCCS(=O)(=O)CC1C1CC1. The summed E-state index contributed by atoms with van der Waals surface area (Å²) < 4.78 is 23.6. The van der Waals surface area contributed by atoms with Crippen LogP contribution < -0.4 is 0 Å². The maximum absolute atomic E-state index is 12.0. The van der Waals surface area contributed by atoms with Crippen LogP contribution >= 0.6 is 11.6 Å². The lowest BCUT2D eigenvalue weighted by molar-refractivity contribution is -0.132. The quantitative estimate of drug-likeness (QED) is 0.710. The molecule has 2 unspecified atom stereocenters. The Morgan fingerprint density at radius 2 is 2.06 bits per heavy atom. The summed E-state index contributed by atoms with van der Waals surface area (Å²) in [5.74, 6) is 0.548. The molecule has 1 aliphatic heterocycles. The summed E-state index contributed by atoms with van der Waals surface area (Å²) in [6.07, 6.45) is 2.59. The molecule has 1 amide bonds. The zero-order valence-electron chi connectivity index (χ0n) is 9.93. The van der Waals surface area contributed by atoms with Crippen LogP contribution in [0.1, 0.15) is 26.2 Å². The summed E-state index contributed by atoms with van der Waals surface area (Å²) in [4.78, 5) is 13.7. The Labute approximate surface area is 107 Å². The molecular formula is C11H18ClNO3S. The number of hydrogen-bond donors (Lipinski definition) is 0. The van der Waals surface area contributed by atoms with Gasteiger partial charge in [0, 0.05) is 12.6 Å². The first kappa shape index (κ1) is 13.1. The highest BCUT2D eigenvalue weighted by Gasteiger charge is 2.42. The van der Waals surface area contributed by atoms with Crippen LogP contribution in [0.3, 0.4) is 0 Å². The zero-order chi connectivity index (χ0) is 12.6. The van der Waals surface area contributed by atoms with Crippen LogP contribution in [0.2, 0.25) is 0 Å². The number of rotatable bonds is 2. The molecule has 1 heterocycles.